The highest BCUT2D eigenvalue weighted by Gasteiger charge is 2.45. The lowest BCUT2D eigenvalue weighted by atomic mass is 9.95. The van der Waals surface area contributed by atoms with E-state index in [1.807, 2.05) is 54.6 Å². The number of aliphatic hydroxyl groups is 1. The largest absolute Gasteiger partial charge is 0.507 e. The molecule has 2 heterocycles. The average Bonchev–Trinajstić information content (AvgIpc) is 3.26. The monoisotopic (exact) mass is 542 g/mol. The molecule has 40 heavy (non-hydrogen) atoms. The lowest BCUT2D eigenvalue weighted by Crippen LogP contribution is -2.38. The van der Waals surface area contributed by atoms with Gasteiger partial charge in [-0.05, 0) is 41.8 Å². The van der Waals surface area contributed by atoms with Gasteiger partial charge in [-0.3, -0.25) is 14.5 Å². The Morgan fingerprint density at radius 3 is 2.40 bits per heavy atom. The Morgan fingerprint density at radius 1 is 0.925 bits per heavy atom. The summed E-state index contributed by atoms with van der Waals surface area (Å²) in [7, 11) is 1.54. The van der Waals surface area contributed by atoms with Crippen LogP contribution in [0.15, 0.2) is 84.4 Å². The van der Waals surface area contributed by atoms with E-state index in [1.165, 1.54) is 7.11 Å². The molecule has 2 aliphatic rings. The first kappa shape index (κ1) is 27.4. The predicted molar refractivity (Wildman–Crippen MR) is 151 cm³/mol. The summed E-state index contributed by atoms with van der Waals surface area (Å²) >= 11 is 0. The second kappa shape index (κ2) is 12.8. The molecule has 208 valence electrons. The number of Topliss-reactive ketones (excluding diaryl/α,β-unsaturated/α-hetero) is 1. The van der Waals surface area contributed by atoms with Crippen molar-refractivity contribution in [3.05, 3.63) is 101 Å². The van der Waals surface area contributed by atoms with Gasteiger partial charge in [0.05, 0.1) is 31.9 Å². The summed E-state index contributed by atoms with van der Waals surface area (Å²) in [5.41, 5.74) is 2.27. The molecule has 1 amide bonds. The molecule has 0 radical (unpaired) electrons. The highest BCUT2D eigenvalue weighted by molar-refractivity contribution is 6.46. The number of amides is 1. The first-order valence-electron chi connectivity index (χ1n) is 13.5. The maximum absolute atomic E-state index is 13.4. The first-order chi connectivity index (χ1) is 19.5. The van der Waals surface area contributed by atoms with Gasteiger partial charge in [0.25, 0.3) is 11.7 Å². The SMILES string of the molecule is COc1cccc(/C(O)=C2\C(=O)C(=O)N(CCCN3CCOCC3)C2c2ccc(OCc3ccccc3)cc2)c1. The number of carbonyl (C=O) groups is 2. The molecule has 1 N–H and O–H groups in total. The number of benzene rings is 3. The van der Waals surface area contributed by atoms with E-state index in [4.69, 9.17) is 14.2 Å². The lowest BCUT2D eigenvalue weighted by Gasteiger charge is -2.29. The minimum absolute atomic E-state index is 0.0718. The number of rotatable bonds is 10. The Hall–Kier alpha value is -4.14. The minimum atomic E-state index is -0.723. The lowest BCUT2D eigenvalue weighted by molar-refractivity contribution is -0.140. The Labute approximate surface area is 234 Å². The number of ketones is 1. The highest BCUT2D eigenvalue weighted by atomic mass is 16.5. The fourth-order valence-electron chi connectivity index (χ4n) is 5.16. The van der Waals surface area contributed by atoms with Gasteiger partial charge in [-0.1, -0.05) is 54.6 Å². The van der Waals surface area contributed by atoms with Crippen LogP contribution in [0.2, 0.25) is 0 Å². The van der Waals surface area contributed by atoms with Crippen molar-refractivity contribution < 1.29 is 28.9 Å². The van der Waals surface area contributed by atoms with Gasteiger partial charge >= 0.3 is 0 Å². The third kappa shape index (κ3) is 6.19. The first-order valence-corrected chi connectivity index (χ1v) is 13.5. The van der Waals surface area contributed by atoms with Crippen LogP contribution in [0, 0.1) is 0 Å². The van der Waals surface area contributed by atoms with Crippen LogP contribution >= 0.6 is 0 Å². The summed E-state index contributed by atoms with van der Waals surface area (Å²) in [4.78, 5) is 30.6. The van der Waals surface area contributed by atoms with E-state index in [0.717, 1.165) is 30.8 Å². The van der Waals surface area contributed by atoms with Gasteiger partial charge in [-0.25, -0.2) is 0 Å². The van der Waals surface area contributed by atoms with E-state index in [-0.39, 0.29) is 11.3 Å². The van der Waals surface area contributed by atoms with Crippen molar-refractivity contribution in [2.75, 3.05) is 46.5 Å². The molecule has 8 heteroatoms. The van der Waals surface area contributed by atoms with Crippen LogP contribution in [0.1, 0.15) is 29.2 Å². The quantitative estimate of drug-likeness (QED) is 0.231. The van der Waals surface area contributed by atoms with E-state index < -0.39 is 17.7 Å². The zero-order chi connectivity index (χ0) is 27.9. The Morgan fingerprint density at radius 2 is 1.68 bits per heavy atom. The van der Waals surface area contributed by atoms with Crippen LogP contribution in [-0.4, -0.2) is 73.1 Å². The van der Waals surface area contributed by atoms with Crippen LogP contribution < -0.4 is 9.47 Å². The molecule has 5 rings (SSSR count). The Kier molecular flexibility index (Phi) is 8.78. The zero-order valence-electron chi connectivity index (χ0n) is 22.6. The van der Waals surface area contributed by atoms with E-state index in [0.29, 0.717) is 49.8 Å². The van der Waals surface area contributed by atoms with E-state index in [1.54, 1.807) is 29.2 Å². The minimum Gasteiger partial charge on any atom is -0.507 e. The van der Waals surface area contributed by atoms with Crippen LogP contribution in [0.25, 0.3) is 5.76 Å². The van der Waals surface area contributed by atoms with Gasteiger partial charge in [0.2, 0.25) is 0 Å². The van der Waals surface area contributed by atoms with E-state index in [2.05, 4.69) is 4.90 Å². The maximum atomic E-state index is 13.4. The predicted octanol–water partition coefficient (Wildman–Crippen LogP) is 4.42. The van der Waals surface area contributed by atoms with Crippen molar-refractivity contribution in [3.8, 4) is 11.5 Å². The number of aliphatic hydroxyl groups excluding tert-OH is 1. The molecule has 3 aromatic carbocycles. The molecule has 8 nitrogen and oxygen atoms in total. The van der Waals surface area contributed by atoms with Crippen molar-refractivity contribution in [2.24, 2.45) is 0 Å². The van der Waals surface area contributed by atoms with Crippen LogP contribution in [0.5, 0.6) is 11.5 Å². The smallest absolute Gasteiger partial charge is 0.295 e. The van der Waals surface area contributed by atoms with Gasteiger partial charge in [0.15, 0.2) is 0 Å². The van der Waals surface area contributed by atoms with Crippen molar-refractivity contribution >= 4 is 17.4 Å². The van der Waals surface area contributed by atoms with Gasteiger partial charge < -0.3 is 24.2 Å². The summed E-state index contributed by atoms with van der Waals surface area (Å²) in [6, 6.07) is 23.4. The summed E-state index contributed by atoms with van der Waals surface area (Å²) in [5.74, 6) is -0.311. The van der Waals surface area contributed by atoms with Gasteiger partial charge in [0, 0.05) is 31.7 Å². The molecule has 3 aromatic rings. The molecule has 0 bridgehead atoms. The van der Waals surface area contributed by atoms with Gasteiger partial charge in [-0.2, -0.15) is 0 Å². The highest BCUT2D eigenvalue weighted by Crippen LogP contribution is 2.40. The number of likely N-dealkylation sites (tertiary alicyclic amines) is 1. The second-order valence-electron chi connectivity index (χ2n) is 9.88. The third-order valence-corrected chi connectivity index (χ3v) is 7.30. The normalized spacial score (nSPS) is 19.1. The maximum Gasteiger partial charge on any atom is 0.295 e. The molecule has 0 aliphatic carbocycles. The standard InChI is InChI=1S/C32H34N2O6/c1-38-27-10-5-9-25(21-27)30(35)28-29(24-11-13-26(14-12-24)40-22-23-7-3-2-4-8-23)34(32(37)31(28)36)16-6-15-33-17-19-39-20-18-33/h2-5,7-14,21,29,35H,6,15-20,22H2,1H3/b30-28+. The summed E-state index contributed by atoms with van der Waals surface area (Å²) in [5, 5.41) is 11.3. The summed E-state index contributed by atoms with van der Waals surface area (Å²) in [6.07, 6.45) is 0.695. The summed E-state index contributed by atoms with van der Waals surface area (Å²) < 4.78 is 16.7. The van der Waals surface area contributed by atoms with Crippen LogP contribution in [-0.2, 0) is 20.9 Å². The molecule has 2 saturated heterocycles. The molecule has 0 spiro atoms. The Bertz CT molecular complexity index is 1350. The van der Waals surface area contributed by atoms with E-state index in [9.17, 15) is 14.7 Å². The van der Waals surface area contributed by atoms with Crippen LogP contribution in [0.4, 0.5) is 0 Å². The van der Waals surface area contributed by atoms with Gasteiger partial charge in [0.1, 0.15) is 23.9 Å². The molecular weight excluding hydrogens is 508 g/mol. The number of hydrogen-bond acceptors (Lipinski definition) is 7. The fourth-order valence-corrected chi connectivity index (χ4v) is 5.16. The van der Waals surface area contributed by atoms with Crippen molar-refractivity contribution in [1.82, 2.24) is 9.80 Å². The molecule has 0 saturated carbocycles. The molecule has 1 unspecified atom stereocenters. The topological polar surface area (TPSA) is 88.5 Å². The molecule has 2 fully saturated rings. The third-order valence-electron chi connectivity index (χ3n) is 7.30. The molecule has 1 atom stereocenters. The van der Waals surface area contributed by atoms with E-state index >= 15 is 0 Å². The fraction of sp³-hybridized carbons (Fsp3) is 0.312. The van der Waals surface area contributed by atoms with Crippen LogP contribution in [0.3, 0.4) is 0 Å². The molecular formula is C32H34N2O6. The number of carbonyl (C=O) groups excluding carboxylic acids is 2. The Balaban J connectivity index is 1.42. The second-order valence-corrected chi connectivity index (χ2v) is 9.88. The number of nitrogens with zero attached hydrogens (tertiary/aromatic N) is 2. The molecule has 0 aromatic heterocycles. The van der Waals surface area contributed by atoms with Crippen molar-refractivity contribution in [2.45, 2.75) is 19.1 Å². The summed E-state index contributed by atoms with van der Waals surface area (Å²) in [6.45, 7) is 4.70. The van der Waals surface area contributed by atoms with Gasteiger partial charge in [-0.15, -0.1) is 0 Å². The van der Waals surface area contributed by atoms with Crippen molar-refractivity contribution in [3.63, 3.8) is 0 Å². The van der Waals surface area contributed by atoms with Crippen molar-refractivity contribution in [1.29, 1.82) is 0 Å². The number of morpholine rings is 1. The number of hydrogen-bond donors (Lipinski definition) is 1. The number of ether oxygens (including phenoxy) is 3. The average molecular weight is 543 g/mol. The number of methoxy groups -OCH3 is 1. The molecule has 2 aliphatic heterocycles. The zero-order valence-corrected chi connectivity index (χ0v) is 22.6.